The Morgan fingerprint density at radius 3 is 1.34 bits per heavy atom. The van der Waals surface area contributed by atoms with Crippen molar-refractivity contribution in [2.75, 3.05) is 26.4 Å². The van der Waals surface area contributed by atoms with Gasteiger partial charge in [-0.3, -0.25) is 9.59 Å². The summed E-state index contributed by atoms with van der Waals surface area (Å²) in [7, 11) is 0. The zero-order chi connectivity index (χ0) is 55.3. The molecular formula is C61H108O15. The van der Waals surface area contributed by atoms with Gasteiger partial charge in [0.15, 0.2) is 18.7 Å². The second kappa shape index (κ2) is 47.3. The number of carbonyl (C=O) groups is 2. The van der Waals surface area contributed by atoms with E-state index in [2.05, 4.69) is 62.5 Å². The third-order valence-corrected chi connectivity index (χ3v) is 14.3. The van der Waals surface area contributed by atoms with Crippen LogP contribution in [-0.2, 0) is 38.0 Å². The van der Waals surface area contributed by atoms with Crippen LogP contribution in [0.4, 0.5) is 0 Å². The van der Waals surface area contributed by atoms with Gasteiger partial charge in [-0.15, -0.1) is 0 Å². The van der Waals surface area contributed by atoms with Gasteiger partial charge >= 0.3 is 11.9 Å². The Bertz CT molecular complexity index is 1500. The van der Waals surface area contributed by atoms with Crippen molar-refractivity contribution in [2.45, 2.75) is 300 Å². The molecule has 0 aromatic heterocycles. The maximum absolute atomic E-state index is 13.1. The number of rotatable bonds is 48. The average molecular weight is 1080 g/mol. The largest absolute Gasteiger partial charge is 0.462 e. The van der Waals surface area contributed by atoms with E-state index >= 15 is 0 Å². The molecule has 11 atom stereocenters. The molecule has 15 heteroatoms. The molecule has 0 saturated carbocycles. The minimum Gasteiger partial charge on any atom is -0.462 e. The number of allylic oxidation sites excluding steroid dienone is 8. The monoisotopic (exact) mass is 1080 g/mol. The molecule has 0 radical (unpaired) electrons. The van der Waals surface area contributed by atoms with Gasteiger partial charge in [-0.05, 0) is 77.0 Å². The first-order valence-corrected chi connectivity index (χ1v) is 30.2. The van der Waals surface area contributed by atoms with Gasteiger partial charge in [-0.1, -0.05) is 191 Å². The van der Waals surface area contributed by atoms with Gasteiger partial charge in [-0.2, -0.15) is 0 Å². The van der Waals surface area contributed by atoms with E-state index in [-0.39, 0.29) is 19.4 Å². The van der Waals surface area contributed by atoms with Crippen LogP contribution in [0.5, 0.6) is 0 Å². The summed E-state index contributed by atoms with van der Waals surface area (Å²) in [5.41, 5.74) is 0. The fraction of sp³-hybridized carbons (Fsp3) is 0.836. The number of esters is 2. The number of aliphatic hydroxyl groups excluding tert-OH is 7. The first-order chi connectivity index (χ1) is 37.0. The van der Waals surface area contributed by atoms with Crippen LogP contribution in [0.15, 0.2) is 48.6 Å². The minimum atomic E-state index is -1.77. The van der Waals surface area contributed by atoms with Crippen LogP contribution in [0.2, 0.25) is 0 Å². The molecule has 15 nitrogen and oxygen atoms in total. The number of carbonyl (C=O) groups excluding carboxylic acids is 2. The van der Waals surface area contributed by atoms with Gasteiger partial charge in [-0.25, -0.2) is 0 Å². The van der Waals surface area contributed by atoms with Gasteiger partial charge in [0.1, 0.15) is 55.4 Å². The van der Waals surface area contributed by atoms with Crippen molar-refractivity contribution in [1.82, 2.24) is 0 Å². The first kappa shape index (κ1) is 69.6. The van der Waals surface area contributed by atoms with Crippen molar-refractivity contribution in [3.8, 4) is 0 Å². The molecule has 7 N–H and O–H groups in total. The molecule has 0 spiro atoms. The lowest BCUT2D eigenvalue weighted by atomic mass is 9.98. The summed E-state index contributed by atoms with van der Waals surface area (Å²) in [6, 6.07) is 0. The van der Waals surface area contributed by atoms with Crippen molar-refractivity contribution in [3.05, 3.63) is 48.6 Å². The van der Waals surface area contributed by atoms with E-state index in [0.29, 0.717) is 19.3 Å². The van der Waals surface area contributed by atoms with Crippen molar-refractivity contribution < 1.29 is 73.8 Å². The van der Waals surface area contributed by atoms with Gasteiger partial charge in [0.2, 0.25) is 0 Å². The molecule has 2 aliphatic rings. The fourth-order valence-corrected chi connectivity index (χ4v) is 9.33. The lowest BCUT2D eigenvalue weighted by Crippen LogP contribution is -2.61. The molecule has 76 heavy (non-hydrogen) atoms. The van der Waals surface area contributed by atoms with Gasteiger partial charge in [0.05, 0.1) is 19.8 Å². The van der Waals surface area contributed by atoms with E-state index in [1.807, 2.05) is 0 Å². The van der Waals surface area contributed by atoms with Crippen LogP contribution in [-0.4, -0.2) is 142 Å². The standard InChI is InChI=1S/C61H108O15/c1-3-5-7-9-11-13-15-17-19-21-22-23-24-25-26-28-29-31-33-35-37-39-41-43-52(63)71-46-49(74-53(64)44-42-40-38-36-34-32-30-27-20-18-16-14-12-10-8-6-4-2)47-72-60-59(70)57(68)55(66)51(76-60)48-73-61-58(69)56(67)54(65)50(45-62)75-61/h12,14,18,20,28-29,35,37,49-51,54-62,65-70H,3-11,13,15-17,19,21-27,30-34,36,38-48H2,1-2H3/b14-12+,20-18+,29-28+,37-35+/t49-,50+,51+,54-,55-,56?,57?,58?,59?,60+,61+/m0/s1. The SMILES string of the molecule is CCCCC/C=C/C/C=C/CCCCCCCCCC(=O)O[C@@H](COC(=O)CCC/C=C/CC/C=C/CCCCCCCCCCCCCCCC)CO[C@@H]1O[C@H](CO[C@@H]2O[C@H](CO)[C@H](O)C(O)C2O)[C@H](O)C(O)C1O. The van der Waals surface area contributed by atoms with Crippen LogP contribution in [0.1, 0.15) is 232 Å². The minimum absolute atomic E-state index is 0.148. The molecule has 0 aliphatic carbocycles. The van der Waals surface area contributed by atoms with E-state index in [4.69, 9.17) is 28.4 Å². The van der Waals surface area contributed by atoms with Crippen molar-refractivity contribution in [3.63, 3.8) is 0 Å². The van der Waals surface area contributed by atoms with Crippen molar-refractivity contribution >= 4 is 11.9 Å². The lowest BCUT2D eigenvalue weighted by molar-refractivity contribution is -0.332. The second-order valence-electron chi connectivity index (χ2n) is 21.2. The Hall–Kier alpha value is -2.54. The van der Waals surface area contributed by atoms with Crippen molar-refractivity contribution in [2.24, 2.45) is 0 Å². The van der Waals surface area contributed by atoms with E-state index < -0.39 is 99.3 Å². The van der Waals surface area contributed by atoms with Crippen LogP contribution in [0.25, 0.3) is 0 Å². The Balaban J connectivity index is 1.75. The highest BCUT2D eigenvalue weighted by Crippen LogP contribution is 2.27. The maximum Gasteiger partial charge on any atom is 0.306 e. The highest BCUT2D eigenvalue weighted by molar-refractivity contribution is 5.70. The number of hydrogen-bond acceptors (Lipinski definition) is 15. The van der Waals surface area contributed by atoms with E-state index in [1.165, 1.54) is 109 Å². The summed E-state index contributed by atoms with van der Waals surface area (Å²) in [5, 5.41) is 72.3. The molecular weight excluding hydrogens is 973 g/mol. The predicted molar refractivity (Wildman–Crippen MR) is 298 cm³/mol. The van der Waals surface area contributed by atoms with E-state index in [1.54, 1.807) is 0 Å². The molecule has 0 bridgehead atoms. The summed E-state index contributed by atoms with van der Waals surface area (Å²) >= 11 is 0. The Kier molecular flexibility index (Phi) is 43.3. The highest BCUT2D eigenvalue weighted by atomic mass is 16.7. The number of ether oxygens (including phenoxy) is 6. The normalized spacial score (nSPS) is 24.6. The van der Waals surface area contributed by atoms with Gasteiger partial charge in [0, 0.05) is 12.8 Å². The number of hydrogen-bond donors (Lipinski definition) is 7. The fourth-order valence-electron chi connectivity index (χ4n) is 9.33. The third kappa shape index (κ3) is 33.8. The van der Waals surface area contributed by atoms with E-state index in [0.717, 1.165) is 77.0 Å². The maximum atomic E-state index is 13.1. The zero-order valence-corrected chi connectivity index (χ0v) is 47.2. The molecule has 2 fully saturated rings. The quantitative estimate of drug-likeness (QED) is 0.0171. The molecule has 0 aromatic carbocycles. The Morgan fingerprint density at radius 2 is 0.816 bits per heavy atom. The summed E-state index contributed by atoms with van der Waals surface area (Å²) in [6.45, 7) is 2.55. The van der Waals surface area contributed by atoms with Gasteiger partial charge in [0.25, 0.3) is 0 Å². The number of unbranched alkanes of at least 4 members (excludes halogenated alkanes) is 26. The molecule has 0 aromatic rings. The molecule has 2 rings (SSSR count). The predicted octanol–water partition coefficient (Wildman–Crippen LogP) is 10.6. The molecule has 2 saturated heterocycles. The van der Waals surface area contributed by atoms with Crippen LogP contribution in [0, 0.1) is 0 Å². The van der Waals surface area contributed by atoms with Crippen LogP contribution >= 0.6 is 0 Å². The molecule has 2 aliphatic heterocycles. The Morgan fingerprint density at radius 1 is 0.421 bits per heavy atom. The summed E-state index contributed by atoms with van der Waals surface area (Å²) < 4.78 is 33.7. The zero-order valence-electron chi connectivity index (χ0n) is 47.2. The number of aliphatic hydroxyl groups is 7. The van der Waals surface area contributed by atoms with Crippen LogP contribution < -0.4 is 0 Å². The van der Waals surface area contributed by atoms with Crippen molar-refractivity contribution in [1.29, 1.82) is 0 Å². The first-order valence-electron chi connectivity index (χ1n) is 30.2. The second-order valence-corrected chi connectivity index (χ2v) is 21.2. The molecule has 442 valence electrons. The average Bonchev–Trinajstić information content (AvgIpc) is 3.41. The lowest BCUT2D eigenvalue weighted by Gasteiger charge is -2.42. The van der Waals surface area contributed by atoms with Crippen LogP contribution in [0.3, 0.4) is 0 Å². The Labute approximate surface area is 458 Å². The summed E-state index contributed by atoms with van der Waals surface area (Å²) in [4.78, 5) is 25.9. The smallest absolute Gasteiger partial charge is 0.306 e. The van der Waals surface area contributed by atoms with E-state index in [9.17, 15) is 45.3 Å². The summed E-state index contributed by atoms with van der Waals surface area (Å²) in [5.74, 6) is -0.978. The third-order valence-electron chi connectivity index (χ3n) is 14.3. The molecule has 0 amide bonds. The highest BCUT2D eigenvalue weighted by Gasteiger charge is 2.47. The topological polar surface area (TPSA) is 231 Å². The van der Waals surface area contributed by atoms with Gasteiger partial charge < -0.3 is 64.2 Å². The molecule has 2 heterocycles. The summed E-state index contributed by atoms with van der Waals surface area (Å²) in [6.07, 6.45) is 38.6. The molecule has 4 unspecified atom stereocenters.